The van der Waals surface area contributed by atoms with Gasteiger partial charge in [0.2, 0.25) is 23.1 Å². The molecule has 0 unspecified atom stereocenters. The van der Waals surface area contributed by atoms with Crippen molar-refractivity contribution in [1.82, 2.24) is 0 Å². The van der Waals surface area contributed by atoms with E-state index >= 15 is 0 Å². The molecule has 0 spiro atoms. The molecule has 8 aromatic rings. The van der Waals surface area contributed by atoms with E-state index in [1.54, 1.807) is 0 Å². The van der Waals surface area contributed by atoms with Crippen molar-refractivity contribution in [1.29, 1.82) is 0 Å². The van der Waals surface area contributed by atoms with Gasteiger partial charge in [-0.1, -0.05) is 0 Å². The summed E-state index contributed by atoms with van der Waals surface area (Å²) in [6, 6.07) is 13.0. The minimum Gasteiger partial charge on any atom is -0.508 e. The molecular formula is C52H40O28. The van der Waals surface area contributed by atoms with Gasteiger partial charge in [0, 0.05) is 78.9 Å². The average Bonchev–Trinajstić information content (AvgIpc) is 3.31. The summed E-state index contributed by atoms with van der Waals surface area (Å²) in [4.78, 5) is 48.5. The van der Waals surface area contributed by atoms with Crippen LogP contribution in [0.25, 0.3) is 0 Å². The number of carbonyl (C=O) groups is 4. The van der Waals surface area contributed by atoms with Gasteiger partial charge in [0.05, 0.1) is 16.7 Å². The third-order valence-electron chi connectivity index (χ3n) is 10.5. The molecule has 0 bridgehead atoms. The topological polar surface area (TPSA) is 554 Å². The number of rotatable bonds is 8. The van der Waals surface area contributed by atoms with Gasteiger partial charge in [0.1, 0.15) is 131 Å². The van der Waals surface area contributed by atoms with Gasteiger partial charge in [0.15, 0.2) is 34.5 Å². The molecule has 0 heterocycles. The van der Waals surface area contributed by atoms with E-state index in [4.69, 9.17) is 35.7 Å². The predicted octanol–water partition coefficient (Wildman–Crippen LogP) is 4.60. The van der Waals surface area contributed by atoms with E-state index in [-0.39, 0.29) is 0 Å². The zero-order valence-corrected chi connectivity index (χ0v) is 39.6. The second-order valence-corrected chi connectivity index (χ2v) is 16.2. The van der Waals surface area contributed by atoms with Crippen LogP contribution in [0.2, 0.25) is 0 Å². The number of benzene rings is 8. The molecule has 8 aromatic carbocycles. The van der Waals surface area contributed by atoms with Gasteiger partial charge >= 0.3 is 0 Å². The van der Waals surface area contributed by atoms with Crippen LogP contribution in [-0.4, -0.2) is 146 Å². The fourth-order valence-corrected chi connectivity index (χ4v) is 6.95. The SMILES string of the molecule is O=C(c1c(O)cc(O)cc1O)c1c(O)cc(O)cc1O.O=C(c1cc(O)c(O)cc1O)c1c(O)cc(O)cc1O.O=C(c1cc(O)c(O)cc1O)c1c(O)cc(O)cc1O.O=C(c1cc(O)cc(O)c1O)c1c(O)cc(O)cc1O. The van der Waals surface area contributed by atoms with E-state index in [2.05, 4.69) is 0 Å². The Hall–Kier alpha value is -12.4. The van der Waals surface area contributed by atoms with E-state index in [1.165, 1.54) is 0 Å². The predicted molar refractivity (Wildman–Crippen MR) is 265 cm³/mol. The standard InChI is InChI=1S/4C13H10O7/c14-5-1-7(12(19)10(18)4-5)13(20)11-8(16)2-6(15)3-9(11)17;2*14-5-1-10(18)12(11(19)2-5)13(20)6-3-8(16)9(17)4-7(6)15;14-5-1-7(16)11(8(17)2-5)13(20)12-9(18)3-6(15)4-10(12)19/h4*1-4,14-19H. The van der Waals surface area contributed by atoms with Crippen molar-refractivity contribution < 1.29 is 142 Å². The van der Waals surface area contributed by atoms with Crippen molar-refractivity contribution in [3.05, 3.63) is 142 Å². The Morgan fingerprint density at radius 3 is 0.613 bits per heavy atom. The van der Waals surface area contributed by atoms with Crippen molar-refractivity contribution in [2.75, 3.05) is 0 Å². The maximum Gasteiger partial charge on any atom is 0.207 e. The average molecular weight is 1110 g/mol. The number of phenolic OH excluding ortho intramolecular Hbond substituents is 24. The van der Waals surface area contributed by atoms with Crippen LogP contribution >= 0.6 is 0 Å². The first kappa shape index (κ1) is 58.5. The number of hydrogen-bond acceptors (Lipinski definition) is 28. The largest absolute Gasteiger partial charge is 0.508 e. The smallest absolute Gasteiger partial charge is 0.207 e. The van der Waals surface area contributed by atoms with E-state index in [0.29, 0.717) is 0 Å². The highest BCUT2D eigenvalue weighted by molar-refractivity contribution is 6.17. The summed E-state index contributed by atoms with van der Waals surface area (Å²) in [5.41, 5.74) is -4.26. The quantitative estimate of drug-likeness (QED) is 0.0561. The summed E-state index contributed by atoms with van der Waals surface area (Å²) in [6.07, 6.45) is 0. The molecule has 8 rings (SSSR count). The maximum atomic E-state index is 12.1. The number of aromatic hydroxyl groups is 24. The van der Waals surface area contributed by atoms with Gasteiger partial charge in [-0.15, -0.1) is 0 Å². The molecule has 0 aromatic heterocycles. The molecule has 0 aliphatic heterocycles. The van der Waals surface area contributed by atoms with Gasteiger partial charge in [-0.2, -0.15) is 0 Å². The molecule has 28 heteroatoms. The molecule has 80 heavy (non-hydrogen) atoms. The maximum absolute atomic E-state index is 12.1. The van der Waals surface area contributed by atoms with Crippen molar-refractivity contribution in [3.63, 3.8) is 0 Å². The van der Waals surface area contributed by atoms with Crippen LogP contribution in [0.1, 0.15) is 63.7 Å². The van der Waals surface area contributed by atoms with Crippen LogP contribution in [0.15, 0.2) is 97.1 Å². The minimum absolute atomic E-state index is 0.434. The molecule has 0 fully saturated rings. The minimum atomic E-state index is -1.07. The first-order valence-electron chi connectivity index (χ1n) is 21.4. The van der Waals surface area contributed by atoms with E-state index in [0.717, 1.165) is 97.1 Å². The van der Waals surface area contributed by atoms with E-state index < -0.39 is 206 Å². The van der Waals surface area contributed by atoms with Crippen LogP contribution in [0.5, 0.6) is 138 Å². The lowest BCUT2D eigenvalue weighted by molar-refractivity contribution is 0.101. The molecule has 0 saturated heterocycles. The third-order valence-corrected chi connectivity index (χ3v) is 10.5. The molecule has 0 aliphatic rings. The summed E-state index contributed by atoms with van der Waals surface area (Å²) in [6.45, 7) is 0. The zero-order valence-electron chi connectivity index (χ0n) is 39.6. The molecule has 0 amide bonds. The number of ketones is 4. The Morgan fingerprint density at radius 2 is 0.362 bits per heavy atom. The van der Waals surface area contributed by atoms with Crippen LogP contribution in [-0.2, 0) is 0 Å². The van der Waals surface area contributed by atoms with Crippen molar-refractivity contribution in [2.24, 2.45) is 0 Å². The van der Waals surface area contributed by atoms with Gasteiger partial charge in [-0.25, -0.2) is 0 Å². The number of hydrogen-bond donors (Lipinski definition) is 24. The molecule has 28 nitrogen and oxygen atoms in total. The first-order valence-corrected chi connectivity index (χ1v) is 21.4. The molecule has 0 saturated carbocycles. The second-order valence-electron chi connectivity index (χ2n) is 16.2. The Morgan fingerprint density at radius 1 is 0.175 bits per heavy atom. The molecule has 0 aliphatic carbocycles. The van der Waals surface area contributed by atoms with Crippen LogP contribution in [0, 0.1) is 0 Å². The Labute approximate surface area is 443 Å². The summed E-state index contributed by atoms with van der Waals surface area (Å²) in [7, 11) is 0. The van der Waals surface area contributed by atoms with Crippen molar-refractivity contribution in [3.8, 4) is 138 Å². The normalized spacial score (nSPS) is 10.4. The van der Waals surface area contributed by atoms with E-state index in [9.17, 15) is 106 Å². The summed E-state index contributed by atoms with van der Waals surface area (Å²) < 4.78 is 0. The van der Waals surface area contributed by atoms with Gasteiger partial charge in [-0.05, 0) is 18.2 Å². The zero-order chi connectivity index (χ0) is 60.1. The Bertz CT molecular complexity index is 3510. The third kappa shape index (κ3) is 12.6. The lowest BCUT2D eigenvalue weighted by Crippen LogP contribution is -2.03. The summed E-state index contributed by atoms with van der Waals surface area (Å²) in [5, 5.41) is 226. The lowest BCUT2D eigenvalue weighted by atomic mass is 9.99. The number of phenols is 24. The highest BCUT2D eigenvalue weighted by Crippen LogP contribution is 2.43. The fourth-order valence-electron chi connectivity index (χ4n) is 6.95. The van der Waals surface area contributed by atoms with Crippen molar-refractivity contribution in [2.45, 2.75) is 0 Å². The summed E-state index contributed by atoms with van der Waals surface area (Å²) >= 11 is 0. The fraction of sp³-hybridized carbons (Fsp3) is 0. The Kier molecular flexibility index (Phi) is 16.9. The molecule has 416 valence electrons. The van der Waals surface area contributed by atoms with Crippen molar-refractivity contribution >= 4 is 23.1 Å². The summed E-state index contributed by atoms with van der Waals surface area (Å²) in [5.74, 6) is -19.3. The molecular weight excluding hydrogens is 1070 g/mol. The number of carbonyl (C=O) groups excluding carboxylic acids is 4. The monoisotopic (exact) mass is 1110 g/mol. The molecule has 24 N–H and O–H groups in total. The van der Waals surface area contributed by atoms with Gasteiger partial charge in [-0.3, -0.25) is 19.2 Å². The van der Waals surface area contributed by atoms with E-state index in [1.807, 2.05) is 0 Å². The van der Waals surface area contributed by atoms with Gasteiger partial charge in [0.25, 0.3) is 0 Å². The van der Waals surface area contributed by atoms with Crippen LogP contribution in [0.4, 0.5) is 0 Å². The lowest BCUT2D eigenvalue weighted by Gasteiger charge is -2.10. The molecule has 0 radical (unpaired) electrons. The Balaban J connectivity index is 0.000000196. The highest BCUT2D eigenvalue weighted by atomic mass is 16.3. The van der Waals surface area contributed by atoms with Gasteiger partial charge < -0.3 is 123 Å². The van der Waals surface area contributed by atoms with Crippen LogP contribution in [0.3, 0.4) is 0 Å². The first-order chi connectivity index (χ1) is 37.2. The second kappa shape index (κ2) is 23.0. The van der Waals surface area contributed by atoms with Crippen LogP contribution < -0.4 is 0 Å². The highest BCUT2D eigenvalue weighted by Gasteiger charge is 2.28. The molecule has 0 atom stereocenters.